The molecule has 0 spiro atoms. The predicted octanol–water partition coefficient (Wildman–Crippen LogP) is 2.97. The number of aliphatic hydroxyl groups is 1. The lowest BCUT2D eigenvalue weighted by Crippen LogP contribution is -2.35. The summed E-state index contributed by atoms with van der Waals surface area (Å²) in [7, 11) is 0. The van der Waals surface area contributed by atoms with E-state index < -0.39 is 11.5 Å². The van der Waals surface area contributed by atoms with E-state index in [0.29, 0.717) is 52.1 Å². The molecular formula is C21H19N3O4S. The van der Waals surface area contributed by atoms with Crippen LogP contribution in [0.3, 0.4) is 0 Å². The van der Waals surface area contributed by atoms with Crippen LogP contribution in [0.1, 0.15) is 21.6 Å². The first-order valence-electron chi connectivity index (χ1n) is 9.20. The molecule has 0 saturated heterocycles. The minimum atomic E-state index is -1.87. The zero-order valence-corrected chi connectivity index (χ0v) is 16.7. The van der Waals surface area contributed by atoms with Crippen molar-refractivity contribution in [2.24, 2.45) is 0 Å². The van der Waals surface area contributed by atoms with Crippen LogP contribution in [0.5, 0.6) is 11.5 Å². The van der Waals surface area contributed by atoms with Crippen molar-refractivity contribution < 1.29 is 19.4 Å². The van der Waals surface area contributed by atoms with E-state index in [1.807, 2.05) is 32.0 Å². The third kappa shape index (κ3) is 2.60. The predicted molar refractivity (Wildman–Crippen MR) is 110 cm³/mol. The summed E-state index contributed by atoms with van der Waals surface area (Å²) >= 11 is 1.11. The Morgan fingerprint density at radius 2 is 1.93 bits per heavy atom. The molecule has 3 heterocycles. The number of benzene rings is 2. The fourth-order valence-corrected chi connectivity index (χ4v) is 5.01. The van der Waals surface area contributed by atoms with Crippen molar-refractivity contribution in [3.05, 3.63) is 51.9 Å². The van der Waals surface area contributed by atoms with E-state index in [-0.39, 0.29) is 5.13 Å². The number of anilines is 2. The summed E-state index contributed by atoms with van der Waals surface area (Å²) < 4.78 is 11.2. The zero-order valence-electron chi connectivity index (χ0n) is 15.9. The Hall–Kier alpha value is -3.10. The fourth-order valence-electron chi connectivity index (χ4n) is 4.06. The molecule has 29 heavy (non-hydrogen) atoms. The van der Waals surface area contributed by atoms with Crippen molar-refractivity contribution in [3.63, 3.8) is 0 Å². The monoisotopic (exact) mass is 409 g/mol. The summed E-state index contributed by atoms with van der Waals surface area (Å²) in [5.41, 5.74) is 8.26. The second-order valence-electron chi connectivity index (χ2n) is 7.26. The highest BCUT2D eigenvalue weighted by Crippen LogP contribution is 2.49. The van der Waals surface area contributed by atoms with E-state index in [2.05, 4.69) is 10.3 Å². The maximum Gasteiger partial charge on any atom is 0.266 e. The van der Waals surface area contributed by atoms with Gasteiger partial charge in [0, 0.05) is 16.8 Å². The molecule has 7 nitrogen and oxygen atoms in total. The van der Waals surface area contributed by atoms with Gasteiger partial charge in [-0.1, -0.05) is 17.4 Å². The molecule has 4 N–H and O–H groups in total. The number of aromatic nitrogens is 1. The molecule has 0 radical (unpaired) electrons. The first kappa shape index (κ1) is 18.0. The van der Waals surface area contributed by atoms with Gasteiger partial charge in [-0.25, -0.2) is 4.98 Å². The lowest BCUT2D eigenvalue weighted by Gasteiger charge is -2.23. The number of carbonyl (C=O) groups excluding carboxylic acids is 1. The van der Waals surface area contributed by atoms with E-state index in [0.717, 1.165) is 22.5 Å². The number of nitrogens with one attached hydrogen (secondary N) is 1. The molecule has 2 aliphatic heterocycles. The summed E-state index contributed by atoms with van der Waals surface area (Å²) in [4.78, 5) is 17.8. The first-order chi connectivity index (χ1) is 13.9. The number of carbonyl (C=O) groups is 1. The number of nitrogen functional groups attached to an aromatic ring is 1. The molecule has 8 heteroatoms. The van der Waals surface area contributed by atoms with Crippen LogP contribution in [0.25, 0.3) is 11.3 Å². The number of ether oxygens (including phenoxy) is 2. The average molecular weight is 409 g/mol. The van der Waals surface area contributed by atoms with E-state index >= 15 is 0 Å². The van der Waals surface area contributed by atoms with E-state index in [1.54, 1.807) is 12.1 Å². The molecule has 0 unspecified atom stereocenters. The Labute approximate surface area is 171 Å². The van der Waals surface area contributed by atoms with Gasteiger partial charge in [0.25, 0.3) is 5.91 Å². The first-order valence-corrected chi connectivity index (χ1v) is 10.0. The molecule has 5 rings (SSSR count). The number of hydrogen-bond acceptors (Lipinski definition) is 7. The number of thiazole rings is 1. The Morgan fingerprint density at radius 1 is 1.17 bits per heavy atom. The molecule has 0 saturated carbocycles. The Kier molecular flexibility index (Phi) is 3.84. The van der Waals surface area contributed by atoms with Crippen LogP contribution in [-0.4, -0.2) is 29.2 Å². The van der Waals surface area contributed by atoms with Gasteiger partial charge in [0.05, 0.1) is 10.6 Å². The van der Waals surface area contributed by atoms with Gasteiger partial charge in [-0.3, -0.25) is 4.79 Å². The van der Waals surface area contributed by atoms with Crippen LogP contribution >= 0.6 is 11.3 Å². The van der Waals surface area contributed by atoms with Crippen LogP contribution < -0.4 is 20.5 Å². The molecule has 148 valence electrons. The second-order valence-corrected chi connectivity index (χ2v) is 8.29. The van der Waals surface area contributed by atoms with Gasteiger partial charge in [0.15, 0.2) is 16.6 Å². The number of nitrogens with zero attached hydrogens (tertiary/aromatic N) is 1. The number of fused-ring (bicyclic) bond motifs is 2. The largest absolute Gasteiger partial charge is 0.486 e. The van der Waals surface area contributed by atoms with E-state index in [4.69, 9.17) is 15.2 Å². The van der Waals surface area contributed by atoms with Gasteiger partial charge in [-0.15, -0.1) is 0 Å². The highest BCUT2D eigenvalue weighted by atomic mass is 32.1. The van der Waals surface area contributed by atoms with Crippen LogP contribution in [0.2, 0.25) is 0 Å². The van der Waals surface area contributed by atoms with Gasteiger partial charge < -0.3 is 25.6 Å². The highest BCUT2D eigenvalue weighted by Gasteiger charge is 2.51. The fraction of sp³-hybridized carbons (Fsp3) is 0.238. The van der Waals surface area contributed by atoms with E-state index in [9.17, 15) is 9.90 Å². The smallest absolute Gasteiger partial charge is 0.266 e. The summed E-state index contributed by atoms with van der Waals surface area (Å²) in [6.07, 6.45) is 0. The van der Waals surface area contributed by atoms with Crippen LogP contribution in [0, 0.1) is 13.8 Å². The highest BCUT2D eigenvalue weighted by molar-refractivity contribution is 7.16. The lowest BCUT2D eigenvalue weighted by atomic mass is 9.87. The number of hydrogen-bond donors (Lipinski definition) is 3. The SMILES string of the molecule is Cc1cc(C)c2c(c1)NC(=O)[C@@]2(O)c1sc(N)nc1-c1ccc2c(c1)OCCO2. The Balaban J connectivity index is 1.71. The summed E-state index contributed by atoms with van der Waals surface area (Å²) in [6, 6.07) is 9.21. The maximum absolute atomic E-state index is 13.0. The molecule has 3 aromatic rings. The van der Waals surface area contributed by atoms with Crippen molar-refractivity contribution in [1.29, 1.82) is 0 Å². The minimum Gasteiger partial charge on any atom is -0.486 e. The van der Waals surface area contributed by atoms with Gasteiger partial charge in [-0.2, -0.15) is 0 Å². The summed E-state index contributed by atoms with van der Waals surface area (Å²) in [5, 5.41) is 14.8. The van der Waals surface area contributed by atoms with Crippen molar-refractivity contribution in [2.45, 2.75) is 19.4 Å². The van der Waals surface area contributed by atoms with Crippen LogP contribution in [0.15, 0.2) is 30.3 Å². The molecule has 2 aliphatic rings. The van der Waals surface area contributed by atoms with Gasteiger partial charge >= 0.3 is 0 Å². The molecule has 0 fully saturated rings. The number of rotatable bonds is 2. The van der Waals surface area contributed by atoms with Crippen molar-refractivity contribution in [3.8, 4) is 22.8 Å². The molecule has 0 bridgehead atoms. The Morgan fingerprint density at radius 3 is 2.72 bits per heavy atom. The second kappa shape index (κ2) is 6.20. The van der Waals surface area contributed by atoms with Gasteiger partial charge in [0.1, 0.15) is 13.2 Å². The standard InChI is InChI=1S/C21H19N3O4S/c1-10-7-11(2)16-13(8-10)23-19(25)21(16,26)18-17(24-20(22)29-18)12-3-4-14-15(9-12)28-6-5-27-14/h3-4,7-9,26H,5-6H2,1-2H3,(H2,22,24)(H,23,25)/t21-/m0/s1. The number of nitrogens with two attached hydrogens (primary N) is 1. The minimum absolute atomic E-state index is 0.268. The van der Waals surface area contributed by atoms with Crippen molar-refractivity contribution in [2.75, 3.05) is 24.3 Å². The summed E-state index contributed by atoms with van der Waals surface area (Å²) in [5.74, 6) is 0.740. The maximum atomic E-state index is 13.0. The summed E-state index contributed by atoms with van der Waals surface area (Å²) in [6.45, 7) is 4.78. The van der Waals surface area contributed by atoms with Crippen LogP contribution in [-0.2, 0) is 10.4 Å². The molecular weight excluding hydrogens is 390 g/mol. The van der Waals surface area contributed by atoms with Crippen molar-refractivity contribution in [1.82, 2.24) is 4.98 Å². The zero-order chi connectivity index (χ0) is 20.3. The molecule has 2 aromatic carbocycles. The van der Waals surface area contributed by atoms with Gasteiger partial charge in [0.2, 0.25) is 5.60 Å². The third-order valence-electron chi connectivity index (χ3n) is 5.21. The molecule has 1 amide bonds. The molecule has 1 aromatic heterocycles. The van der Waals surface area contributed by atoms with Crippen LogP contribution in [0.4, 0.5) is 10.8 Å². The van der Waals surface area contributed by atoms with E-state index in [1.165, 1.54) is 0 Å². The average Bonchev–Trinajstić information content (AvgIpc) is 3.20. The Bertz CT molecular complexity index is 1170. The third-order valence-corrected chi connectivity index (χ3v) is 6.20. The number of aryl methyl sites for hydroxylation is 2. The van der Waals surface area contributed by atoms with Gasteiger partial charge in [-0.05, 0) is 49.2 Å². The normalized spacial score (nSPS) is 19.8. The van der Waals surface area contributed by atoms with Crippen molar-refractivity contribution >= 4 is 28.1 Å². The quantitative estimate of drug-likeness (QED) is 0.601. The molecule has 1 atom stereocenters. The topological polar surface area (TPSA) is 107 Å². The number of amides is 1. The molecule has 0 aliphatic carbocycles. The lowest BCUT2D eigenvalue weighted by molar-refractivity contribution is -0.129.